The first-order valence-corrected chi connectivity index (χ1v) is 9.73. The molecule has 140 valence electrons. The summed E-state index contributed by atoms with van der Waals surface area (Å²) in [5.41, 5.74) is 7.67. The third-order valence-corrected chi connectivity index (χ3v) is 5.49. The fourth-order valence-corrected chi connectivity index (χ4v) is 3.79. The minimum atomic E-state index is 0.438. The van der Waals surface area contributed by atoms with Crippen LogP contribution < -0.4 is 5.43 Å². The van der Waals surface area contributed by atoms with Crippen molar-refractivity contribution in [2.24, 2.45) is 5.10 Å². The van der Waals surface area contributed by atoms with Crippen LogP contribution in [-0.2, 0) is 6.54 Å². The van der Waals surface area contributed by atoms with Crippen molar-refractivity contribution in [3.8, 4) is 5.69 Å². The van der Waals surface area contributed by atoms with E-state index < -0.39 is 0 Å². The SMILES string of the molecule is Cc1cc(/C=N\NCc2c(Cl)cccc2Cl)c(C)n1-c1cc(Cl)ccc1Cl. The summed E-state index contributed by atoms with van der Waals surface area (Å²) in [6.07, 6.45) is 1.77. The quantitative estimate of drug-likeness (QED) is 0.341. The van der Waals surface area contributed by atoms with E-state index in [1.165, 1.54) is 0 Å². The molecule has 0 saturated carbocycles. The van der Waals surface area contributed by atoms with E-state index in [1.54, 1.807) is 30.5 Å². The molecule has 3 rings (SSSR count). The average molecular weight is 441 g/mol. The predicted octanol–water partition coefficient (Wildman–Crippen LogP) is 6.83. The van der Waals surface area contributed by atoms with Crippen LogP contribution in [0.15, 0.2) is 47.6 Å². The zero-order valence-corrected chi connectivity index (χ0v) is 17.8. The second-order valence-electron chi connectivity index (χ2n) is 6.05. The molecule has 0 atom stereocenters. The zero-order chi connectivity index (χ0) is 19.6. The van der Waals surface area contributed by atoms with Gasteiger partial charge in [0.05, 0.1) is 23.5 Å². The van der Waals surface area contributed by atoms with Crippen molar-refractivity contribution in [1.82, 2.24) is 9.99 Å². The number of nitrogens with one attached hydrogen (secondary N) is 1. The van der Waals surface area contributed by atoms with E-state index in [4.69, 9.17) is 46.4 Å². The molecule has 0 aliphatic rings. The van der Waals surface area contributed by atoms with E-state index in [0.29, 0.717) is 26.6 Å². The lowest BCUT2D eigenvalue weighted by atomic mass is 10.2. The van der Waals surface area contributed by atoms with Gasteiger partial charge in [-0.2, -0.15) is 5.10 Å². The number of benzene rings is 2. The van der Waals surface area contributed by atoms with Crippen LogP contribution in [0.1, 0.15) is 22.5 Å². The largest absolute Gasteiger partial charge is 0.316 e. The van der Waals surface area contributed by atoms with Crippen LogP contribution in [0.25, 0.3) is 5.69 Å². The fourth-order valence-electron chi connectivity index (χ4n) is 2.89. The van der Waals surface area contributed by atoms with Crippen LogP contribution in [0, 0.1) is 13.8 Å². The van der Waals surface area contributed by atoms with E-state index in [2.05, 4.69) is 15.1 Å². The van der Waals surface area contributed by atoms with Crippen molar-refractivity contribution >= 4 is 52.6 Å². The summed E-state index contributed by atoms with van der Waals surface area (Å²) in [5.74, 6) is 0. The molecule has 3 nitrogen and oxygen atoms in total. The van der Waals surface area contributed by atoms with Crippen molar-refractivity contribution in [3.63, 3.8) is 0 Å². The highest BCUT2D eigenvalue weighted by Crippen LogP contribution is 2.28. The van der Waals surface area contributed by atoms with Gasteiger partial charge in [0.15, 0.2) is 0 Å². The summed E-state index contributed by atoms with van der Waals surface area (Å²) >= 11 is 24.8. The number of aryl methyl sites for hydroxylation is 1. The van der Waals surface area contributed by atoms with E-state index in [9.17, 15) is 0 Å². The number of halogens is 4. The Morgan fingerprint density at radius 2 is 1.67 bits per heavy atom. The Morgan fingerprint density at radius 3 is 2.37 bits per heavy atom. The number of nitrogens with zero attached hydrogens (tertiary/aromatic N) is 2. The fraction of sp³-hybridized carbons (Fsp3) is 0.150. The monoisotopic (exact) mass is 439 g/mol. The first-order chi connectivity index (χ1) is 12.9. The van der Waals surface area contributed by atoms with Crippen molar-refractivity contribution in [3.05, 3.63) is 85.1 Å². The van der Waals surface area contributed by atoms with Crippen molar-refractivity contribution in [1.29, 1.82) is 0 Å². The van der Waals surface area contributed by atoms with Crippen LogP contribution in [0.5, 0.6) is 0 Å². The Morgan fingerprint density at radius 1 is 0.963 bits per heavy atom. The maximum atomic E-state index is 6.36. The van der Waals surface area contributed by atoms with Crippen LogP contribution >= 0.6 is 46.4 Å². The van der Waals surface area contributed by atoms with Crippen LogP contribution in [0.3, 0.4) is 0 Å². The molecule has 2 aromatic carbocycles. The molecule has 0 aliphatic carbocycles. The molecule has 1 N–H and O–H groups in total. The van der Waals surface area contributed by atoms with Crippen molar-refractivity contribution in [2.45, 2.75) is 20.4 Å². The Kier molecular flexibility index (Phi) is 6.38. The maximum Gasteiger partial charge on any atom is 0.0656 e. The first kappa shape index (κ1) is 20.1. The Balaban J connectivity index is 1.81. The summed E-state index contributed by atoms with van der Waals surface area (Å²) in [6, 6.07) is 12.9. The molecular weight excluding hydrogens is 424 g/mol. The highest BCUT2D eigenvalue weighted by atomic mass is 35.5. The van der Waals surface area contributed by atoms with Gasteiger partial charge in [0, 0.05) is 37.6 Å². The van der Waals surface area contributed by atoms with Gasteiger partial charge >= 0.3 is 0 Å². The third-order valence-electron chi connectivity index (χ3n) is 4.23. The molecule has 1 heterocycles. The molecule has 0 radical (unpaired) electrons. The molecule has 7 heteroatoms. The Hall–Kier alpha value is -1.65. The van der Waals surface area contributed by atoms with E-state index >= 15 is 0 Å². The third kappa shape index (κ3) is 4.44. The molecule has 0 spiro atoms. The number of hydrazone groups is 1. The van der Waals surface area contributed by atoms with E-state index in [-0.39, 0.29) is 0 Å². The standard InChI is InChI=1S/C20H17Cl4N3/c1-12-8-14(10-25-26-11-16-17(22)4-3-5-18(16)23)13(2)27(12)20-9-15(21)6-7-19(20)24/h3-10,26H,11H2,1-2H3/b25-10-. The predicted molar refractivity (Wildman–Crippen MR) is 116 cm³/mol. The minimum absolute atomic E-state index is 0.438. The number of aromatic nitrogens is 1. The first-order valence-electron chi connectivity index (χ1n) is 8.21. The lowest BCUT2D eigenvalue weighted by Crippen LogP contribution is -2.07. The van der Waals surface area contributed by atoms with Gasteiger partial charge in [-0.15, -0.1) is 0 Å². The van der Waals surface area contributed by atoms with Gasteiger partial charge < -0.3 is 9.99 Å². The second kappa shape index (κ2) is 8.57. The van der Waals surface area contributed by atoms with Gasteiger partial charge in [-0.1, -0.05) is 52.5 Å². The van der Waals surface area contributed by atoms with Gasteiger partial charge in [0.2, 0.25) is 0 Å². The number of rotatable bonds is 5. The summed E-state index contributed by atoms with van der Waals surface area (Å²) < 4.78 is 2.06. The van der Waals surface area contributed by atoms with Crippen molar-refractivity contribution < 1.29 is 0 Å². The molecule has 0 unspecified atom stereocenters. The highest BCUT2D eigenvalue weighted by Gasteiger charge is 2.12. The number of hydrogen-bond donors (Lipinski definition) is 1. The van der Waals surface area contributed by atoms with Gasteiger partial charge in [-0.05, 0) is 50.2 Å². The molecule has 0 aliphatic heterocycles. The smallest absolute Gasteiger partial charge is 0.0656 e. The number of hydrogen-bond acceptors (Lipinski definition) is 2. The average Bonchev–Trinajstić information content (AvgIpc) is 2.90. The molecule has 0 bridgehead atoms. The van der Waals surface area contributed by atoms with E-state index in [0.717, 1.165) is 28.2 Å². The van der Waals surface area contributed by atoms with E-state index in [1.807, 2.05) is 32.0 Å². The minimum Gasteiger partial charge on any atom is -0.316 e. The summed E-state index contributed by atoms with van der Waals surface area (Å²) in [4.78, 5) is 0. The van der Waals surface area contributed by atoms with Gasteiger partial charge in [-0.25, -0.2) is 0 Å². The van der Waals surface area contributed by atoms with Gasteiger partial charge in [0.25, 0.3) is 0 Å². The Bertz CT molecular complexity index is 988. The summed E-state index contributed by atoms with van der Waals surface area (Å²) in [5, 5.41) is 6.79. The topological polar surface area (TPSA) is 29.3 Å². The molecular formula is C20H17Cl4N3. The van der Waals surface area contributed by atoms with Crippen LogP contribution in [0.2, 0.25) is 20.1 Å². The Labute approximate surface area is 178 Å². The zero-order valence-electron chi connectivity index (χ0n) is 14.7. The van der Waals surface area contributed by atoms with Gasteiger partial charge in [0.1, 0.15) is 0 Å². The maximum absolute atomic E-state index is 6.36. The second-order valence-corrected chi connectivity index (χ2v) is 7.71. The molecule has 1 aromatic heterocycles. The molecule has 3 aromatic rings. The summed E-state index contributed by atoms with van der Waals surface area (Å²) in [6.45, 7) is 4.46. The molecule has 0 saturated heterocycles. The molecule has 27 heavy (non-hydrogen) atoms. The lowest BCUT2D eigenvalue weighted by Gasteiger charge is -2.12. The summed E-state index contributed by atoms with van der Waals surface area (Å²) in [7, 11) is 0. The lowest BCUT2D eigenvalue weighted by molar-refractivity contribution is 0.748. The van der Waals surface area contributed by atoms with Gasteiger partial charge in [-0.3, -0.25) is 0 Å². The van der Waals surface area contributed by atoms with Crippen molar-refractivity contribution in [2.75, 3.05) is 0 Å². The highest BCUT2D eigenvalue weighted by molar-refractivity contribution is 6.36. The van der Waals surface area contributed by atoms with Crippen LogP contribution in [-0.4, -0.2) is 10.8 Å². The molecule has 0 fully saturated rings. The normalized spacial score (nSPS) is 11.3. The van der Waals surface area contributed by atoms with Crippen LogP contribution in [0.4, 0.5) is 0 Å². The molecule has 0 amide bonds.